The van der Waals surface area contributed by atoms with Crippen molar-refractivity contribution in [3.63, 3.8) is 0 Å². The van der Waals surface area contributed by atoms with Crippen LogP contribution in [0.25, 0.3) is 0 Å². The molecule has 0 amide bonds. The summed E-state index contributed by atoms with van der Waals surface area (Å²) < 4.78 is 6.60. The SMILES string of the molecule is Cc1c(C)c2c(c(C)c1O)CC[C@@](C)(CCC[C@H](C)CCC[C@H](C)CCCC(C)C)O2.O=C(O)c1ccncc1. The first-order valence-corrected chi connectivity index (χ1v) is 15.5. The van der Waals surface area contributed by atoms with Crippen LogP contribution in [0.1, 0.15) is 131 Å². The van der Waals surface area contributed by atoms with E-state index in [2.05, 4.69) is 46.5 Å². The lowest BCUT2D eigenvalue weighted by Crippen LogP contribution is -2.37. The lowest BCUT2D eigenvalue weighted by atomic mass is 9.84. The van der Waals surface area contributed by atoms with Gasteiger partial charge < -0.3 is 14.9 Å². The van der Waals surface area contributed by atoms with E-state index in [4.69, 9.17) is 9.84 Å². The van der Waals surface area contributed by atoms with Crippen LogP contribution in [0.5, 0.6) is 11.5 Å². The zero-order valence-corrected chi connectivity index (χ0v) is 26.5. The normalized spacial score (nSPS) is 17.8. The van der Waals surface area contributed by atoms with Crippen molar-refractivity contribution < 1.29 is 19.7 Å². The Balaban J connectivity index is 0.000000526. The topological polar surface area (TPSA) is 79.7 Å². The third kappa shape index (κ3) is 10.4. The van der Waals surface area contributed by atoms with Gasteiger partial charge in [-0.1, -0.05) is 72.6 Å². The van der Waals surface area contributed by atoms with Gasteiger partial charge in [0.15, 0.2) is 0 Å². The number of pyridine rings is 1. The third-order valence-electron chi connectivity index (χ3n) is 8.79. The predicted octanol–water partition coefficient (Wildman–Crippen LogP) is 9.62. The molecule has 0 fully saturated rings. The molecule has 1 aromatic heterocycles. The highest BCUT2D eigenvalue weighted by Gasteiger charge is 2.34. The summed E-state index contributed by atoms with van der Waals surface area (Å²) in [5.74, 6) is 3.12. The van der Waals surface area contributed by atoms with E-state index >= 15 is 0 Å². The fourth-order valence-corrected chi connectivity index (χ4v) is 5.77. The summed E-state index contributed by atoms with van der Waals surface area (Å²) in [5, 5.41) is 18.7. The minimum absolute atomic E-state index is 0.0712. The van der Waals surface area contributed by atoms with Crippen LogP contribution in [-0.2, 0) is 6.42 Å². The Morgan fingerprint density at radius 2 is 1.45 bits per heavy atom. The van der Waals surface area contributed by atoms with Crippen LogP contribution < -0.4 is 4.74 Å². The standard InChI is InChI=1S/C29H50O2.C6H5NO2/c1-20(2)12-9-13-21(3)14-10-15-22(4)16-11-18-29(8)19-17-26-25(7)27(30)23(5)24(6)28(26)31-29;8-6(9)5-1-3-7-4-2-5/h20-22,30H,9-19H2,1-8H3;1-4H,(H,8,9)/t21-,22-,29-;/m1./s1. The monoisotopic (exact) mass is 553 g/mol. The Kier molecular flexibility index (Phi) is 13.5. The summed E-state index contributed by atoms with van der Waals surface area (Å²) in [6, 6.07) is 2.89. The fourth-order valence-electron chi connectivity index (χ4n) is 5.77. The number of benzene rings is 1. The molecule has 2 N–H and O–H groups in total. The van der Waals surface area contributed by atoms with Crippen LogP contribution in [0.3, 0.4) is 0 Å². The molecule has 0 bridgehead atoms. The Morgan fingerprint density at radius 3 is 1.98 bits per heavy atom. The van der Waals surface area contributed by atoms with E-state index in [1.807, 2.05) is 13.8 Å². The molecule has 1 aromatic carbocycles. The molecule has 0 radical (unpaired) electrons. The number of aromatic carboxylic acids is 1. The van der Waals surface area contributed by atoms with Crippen molar-refractivity contribution in [2.45, 2.75) is 132 Å². The van der Waals surface area contributed by atoms with Crippen LogP contribution in [-0.4, -0.2) is 26.8 Å². The maximum Gasteiger partial charge on any atom is 0.335 e. The highest BCUT2D eigenvalue weighted by atomic mass is 16.5. The molecule has 224 valence electrons. The molecule has 40 heavy (non-hydrogen) atoms. The number of ether oxygens (including phenoxy) is 1. The molecule has 3 atom stereocenters. The van der Waals surface area contributed by atoms with Gasteiger partial charge in [-0.3, -0.25) is 4.98 Å². The van der Waals surface area contributed by atoms with E-state index in [9.17, 15) is 9.90 Å². The quantitative estimate of drug-likeness (QED) is 0.258. The van der Waals surface area contributed by atoms with Crippen molar-refractivity contribution in [2.75, 3.05) is 0 Å². The molecule has 5 heteroatoms. The van der Waals surface area contributed by atoms with E-state index in [0.717, 1.165) is 59.5 Å². The van der Waals surface area contributed by atoms with Gasteiger partial charge in [-0.25, -0.2) is 4.79 Å². The van der Waals surface area contributed by atoms with E-state index in [0.29, 0.717) is 5.75 Å². The number of nitrogens with zero attached hydrogens (tertiary/aromatic N) is 1. The van der Waals surface area contributed by atoms with E-state index in [1.54, 1.807) is 0 Å². The van der Waals surface area contributed by atoms with Crippen molar-refractivity contribution in [1.29, 1.82) is 0 Å². The summed E-state index contributed by atoms with van der Waals surface area (Å²) in [7, 11) is 0. The maximum absolute atomic E-state index is 10.4. The molecule has 0 saturated heterocycles. The highest BCUT2D eigenvalue weighted by Crippen LogP contribution is 2.44. The van der Waals surface area contributed by atoms with Crippen molar-refractivity contribution in [3.8, 4) is 11.5 Å². The molecule has 0 saturated carbocycles. The summed E-state index contributed by atoms with van der Waals surface area (Å²) in [6.07, 6.45) is 16.9. The molecule has 2 heterocycles. The van der Waals surface area contributed by atoms with Gasteiger partial charge in [0.25, 0.3) is 0 Å². The molecule has 1 aliphatic heterocycles. The second-order valence-electron chi connectivity index (χ2n) is 13.0. The number of phenolic OH excluding ortho intramolecular Hbond substituents is 1. The van der Waals surface area contributed by atoms with Crippen LogP contribution in [0, 0.1) is 38.5 Å². The molecule has 0 spiro atoms. The molecule has 2 aromatic rings. The van der Waals surface area contributed by atoms with Crippen molar-refractivity contribution >= 4 is 5.97 Å². The lowest BCUT2D eigenvalue weighted by Gasteiger charge is -2.38. The van der Waals surface area contributed by atoms with Crippen LogP contribution in [0.15, 0.2) is 24.5 Å². The van der Waals surface area contributed by atoms with Crippen molar-refractivity contribution in [2.24, 2.45) is 17.8 Å². The maximum atomic E-state index is 10.4. The van der Waals surface area contributed by atoms with Gasteiger partial charge in [-0.15, -0.1) is 0 Å². The number of phenols is 1. The number of carboxylic acids is 1. The summed E-state index contributed by atoms with van der Waals surface area (Å²) in [6.45, 7) is 17.9. The van der Waals surface area contributed by atoms with Gasteiger partial charge in [0, 0.05) is 18.0 Å². The average molecular weight is 554 g/mol. The smallest absolute Gasteiger partial charge is 0.335 e. The summed E-state index contributed by atoms with van der Waals surface area (Å²) >= 11 is 0. The first-order chi connectivity index (χ1) is 18.8. The number of rotatable bonds is 13. The summed E-state index contributed by atoms with van der Waals surface area (Å²) in [4.78, 5) is 13.8. The van der Waals surface area contributed by atoms with Gasteiger partial charge in [0.2, 0.25) is 0 Å². The average Bonchev–Trinajstić information content (AvgIpc) is 2.91. The largest absolute Gasteiger partial charge is 0.507 e. The van der Waals surface area contributed by atoms with Crippen LogP contribution in [0.4, 0.5) is 0 Å². The van der Waals surface area contributed by atoms with E-state index in [1.165, 1.54) is 81.5 Å². The first kappa shape index (κ1) is 33.6. The number of aromatic nitrogens is 1. The number of hydrogen-bond donors (Lipinski definition) is 2. The number of aromatic hydroxyl groups is 1. The van der Waals surface area contributed by atoms with Gasteiger partial charge in [0.05, 0.1) is 5.56 Å². The molecular formula is C35H55NO4. The molecule has 3 rings (SSSR count). The molecule has 5 nitrogen and oxygen atoms in total. The zero-order valence-electron chi connectivity index (χ0n) is 26.5. The molecular weight excluding hydrogens is 498 g/mol. The minimum Gasteiger partial charge on any atom is -0.507 e. The Labute approximate surface area is 243 Å². The second kappa shape index (κ2) is 16.0. The van der Waals surface area contributed by atoms with Gasteiger partial charge in [-0.05, 0) is 100.0 Å². The second-order valence-corrected chi connectivity index (χ2v) is 13.0. The zero-order chi connectivity index (χ0) is 29.9. The highest BCUT2D eigenvalue weighted by molar-refractivity contribution is 5.87. The van der Waals surface area contributed by atoms with E-state index < -0.39 is 5.97 Å². The predicted molar refractivity (Wildman–Crippen MR) is 166 cm³/mol. The Morgan fingerprint density at radius 1 is 0.900 bits per heavy atom. The number of carboxylic acid groups (broad SMARTS) is 1. The van der Waals surface area contributed by atoms with Crippen molar-refractivity contribution in [3.05, 3.63) is 52.3 Å². The molecule has 0 aliphatic carbocycles. The number of carbonyl (C=O) groups is 1. The Bertz CT molecular complexity index is 1070. The van der Waals surface area contributed by atoms with Crippen LogP contribution >= 0.6 is 0 Å². The fraction of sp³-hybridized carbons (Fsp3) is 0.657. The summed E-state index contributed by atoms with van der Waals surface area (Å²) in [5.41, 5.74) is 4.50. The Hall–Kier alpha value is -2.56. The first-order valence-electron chi connectivity index (χ1n) is 15.5. The van der Waals surface area contributed by atoms with Gasteiger partial charge in [0.1, 0.15) is 17.1 Å². The number of hydrogen-bond acceptors (Lipinski definition) is 4. The molecule has 0 unspecified atom stereocenters. The van der Waals surface area contributed by atoms with Gasteiger partial charge >= 0.3 is 5.97 Å². The third-order valence-corrected chi connectivity index (χ3v) is 8.79. The van der Waals surface area contributed by atoms with E-state index in [-0.39, 0.29) is 11.2 Å². The number of fused-ring (bicyclic) bond motifs is 1. The minimum atomic E-state index is -0.919. The lowest BCUT2D eigenvalue weighted by molar-refractivity contribution is 0.0511. The molecule has 1 aliphatic rings. The van der Waals surface area contributed by atoms with Gasteiger partial charge in [-0.2, -0.15) is 0 Å². The van der Waals surface area contributed by atoms with Crippen LogP contribution in [0.2, 0.25) is 0 Å². The van der Waals surface area contributed by atoms with Crippen molar-refractivity contribution in [1.82, 2.24) is 4.98 Å².